The molecule has 1 heterocycles. The molecule has 1 rings (SSSR count). The summed E-state index contributed by atoms with van der Waals surface area (Å²) in [6, 6.07) is -0.400. The van der Waals surface area contributed by atoms with Crippen molar-refractivity contribution in [3.05, 3.63) is 0 Å². The molecule has 1 aliphatic rings. The van der Waals surface area contributed by atoms with E-state index in [1.54, 1.807) is 16.7 Å². The van der Waals surface area contributed by atoms with Crippen molar-refractivity contribution in [2.75, 3.05) is 25.1 Å². The lowest BCUT2D eigenvalue weighted by molar-refractivity contribution is -0.135. The van der Waals surface area contributed by atoms with Crippen molar-refractivity contribution in [1.82, 2.24) is 4.90 Å². The van der Waals surface area contributed by atoms with Crippen molar-refractivity contribution in [3.63, 3.8) is 0 Å². The minimum Gasteiger partial charge on any atom is -0.391 e. The van der Waals surface area contributed by atoms with E-state index < -0.39 is 6.04 Å². The number of hydrogen-bond acceptors (Lipinski definition) is 4. The minimum atomic E-state index is -0.400. The van der Waals surface area contributed by atoms with Crippen LogP contribution >= 0.6 is 11.8 Å². The van der Waals surface area contributed by atoms with Gasteiger partial charge in [0.2, 0.25) is 5.91 Å². The highest BCUT2D eigenvalue weighted by molar-refractivity contribution is 7.98. The zero-order valence-electron chi connectivity index (χ0n) is 9.19. The van der Waals surface area contributed by atoms with Gasteiger partial charge in [-0.3, -0.25) is 4.79 Å². The monoisotopic (exact) mass is 232 g/mol. The van der Waals surface area contributed by atoms with Crippen LogP contribution in [-0.4, -0.2) is 53.2 Å². The number of likely N-dealkylation sites (tertiary alicyclic amines) is 1. The van der Waals surface area contributed by atoms with Gasteiger partial charge in [0.15, 0.2) is 0 Å². The molecule has 0 unspecified atom stereocenters. The summed E-state index contributed by atoms with van der Waals surface area (Å²) < 4.78 is 0. The predicted octanol–water partition coefficient (Wildman–Crippen LogP) is 0.0501. The van der Waals surface area contributed by atoms with Crippen LogP contribution in [0.15, 0.2) is 0 Å². The number of carbonyl (C=O) groups is 1. The fraction of sp³-hybridized carbons (Fsp3) is 0.900. The number of rotatable bonds is 4. The van der Waals surface area contributed by atoms with Gasteiger partial charge in [-0.1, -0.05) is 0 Å². The number of nitrogens with two attached hydrogens (primary N) is 1. The van der Waals surface area contributed by atoms with Crippen LogP contribution in [0.4, 0.5) is 0 Å². The van der Waals surface area contributed by atoms with Gasteiger partial charge in [-0.25, -0.2) is 0 Å². The Morgan fingerprint density at radius 1 is 1.73 bits per heavy atom. The molecule has 4 nitrogen and oxygen atoms in total. The van der Waals surface area contributed by atoms with Gasteiger partial charge in [0.25, 0.3) is 0 Å². The smallest absolute Gasteiger partial charge is 0.239 e. The fourth-order valence-electron chi connectivity index (χ4n) is 1.76. The Labute approximate surface area is 95.2 Å². The molecule has 0 aromatic rings. The maximum absolute atomic E-state index is 11.8. The van der Waals surface area contributed by atoms with Gasteiger partial charge in [0, 0.05) is 13.1 Å². The van der Waals surface area contributed by atoms with Gasteiger partial charge in [0.1, 0.15) is 0 Å². The Morgan fingerprint density at radius 3 is 3.07 bits per heavy atom. The SMILES string of the molecule is CSCC[C@H](N)C(=O)N1CCC[C@H](O)C1. The molecule has 0 radical (unpaired) electrons. The molecule has 0 aliphatic carbocycles. The lowest BCUT2D eigenvalue weighted by atomic mass is 10.1. The molecule has 88 valence electrons. The molecule has 3 N–H and O–H groups in total. The first kappa shape index (κ1) is 12.8. The second kappa shape index (κ2) is 6.35. The van der Waals surface area contributed by atoms with Crippen molar-refractivity contribution >= 4 is 17.7 Å². The van der Waals surface area contributed by atoms with E-state index >= 15 is 0 Å². The molecule has 5 heteroatoms. The molecule has 0 aromatic carbocycles. The van der Waals surface area contributed by atoms with E-state index in [0.29, 0.717) is 13.0 Å². The minimum absolute atomic E-state index is 0.0113. The van der Waals surface area contributed by atoms with Crippen molar-refractivity contribution in [1.29, 1.82) is 0 Å². The Hall–Kier alpha value is -0.260. The number of amides is 1. The van der Waals surface area contributed by atoms with Gasteiger partial charge < -0.3 is 15.7 Å². The van der Waals surface area contributed by atoms with Crippen molar-refractivity contribution < 1.29 is 9.90 Å². The Kier molecular flexibility index (Phi) is 5.42. The van der Waals surface area contributed by atoms with Crippen LogP contribution in [0.3, 0.4) is 0 Å². The quantitative estimate of drug-likeness (QED) is 0.719. The van der Waals surface area contributed by atoms with E-state index in [4.69, 9.17) is 5.73 Å². The molecule has 1 aliphatic heterocycles. The first-order valence-electron chi connectivity index (χ1n) is 5.36. The average Bonchev–Trinajstić information content (AvgIpc) is 2.24. The largest absolute Gasteiger partial charge is 0.391 e. The molecule has 0 bridgehead atoms. The molecule has 1 saturated heterocycles. The fourth-order valence-corrected chi connectivity index (χ4v) is 2.25. The zero-order valence-corrected chi connectivity index (χ0v) is 10.0. The first-order valence-corrected chi connectivity index (χ1v) is 6.76. The van der Waals surface area contributed by atoms with Crippen LogP contribution in [0.2, 0.25) is 0 Å². The van der Waals surface area contributed by atoms with Crippen LogP contribution in [0.25, 0.3) is 0 Å². The zero-order chi connectivity index (χ0) is 11.3. The van der Waals surface area contributed by atoms with Crippen molar-refractivity contribution in [2.24, 2.45) is 5.73 Å². The summed E-state index contributed by atoms with van der Waals surface area (Å²) in [5.74, 6) is 0.895. The van der Waals surface area contributed by atoms with Crippen LogP contribution in [0, 0.1) is 0 Å². The highest BCUT2D eigenvalue weighted by atomic mass is 32.2. The van der Waals surface area contributed by atoms with Crippen LogP contribution in [0.5, 0.6) is 0 Å². The van der Waals surface area contributed by atoms with Crippen LogP contribution in [-0.2, 0) is 4.79 Å². The summed E-state index contributed by atoms with van der Waals surface area (Å²) in [6.07, 6.45) is 4.02. The van der Waals surface area contributed by atoms with E-state index in [0.717, 1.165) is 25.1 Å². The molecule has 0 aromatic heterocycles. The highest BCUT2D eigenvalue weighted by Gasteiger charge is 2.25. The number of aliphatic hydroxyl groups excluding tert-OH is 1. The number of aliphatic hydroxyl groups is 1. The summed E-state index contributed by atoms with van der Waals surface area (Å²) in [5, 5.41) is 9.45. The summed E-state index contributed by atoms with van der Waals surface area (Å²) in [4.78, 5) is 13.5. The number of piperidine rings is 1. The van der Waals surface area contributed by atoms with Crippen LogP contribution < -0.4 is 5.73 Å². The summed E-state index contributed by atoms with van der Waals surface area (Å²) >= 11 is 1.69. The van der Waals surface area contributed by atoms with Gasteiger partial charge in [-0.15, -0.1) is 0 Å². The van der Waals surface area contributed by atoms with Gasteiger partial charge >= 0.3 is 0 Å². The normalized spacial score (nSPS) is 23.9. The molecular weight excluding hydrogens is 212 g/mol. The van der Waals surface area contributed by atoms with E-state index in [1.807, 2.05) is 6.26 Å². The van der Waals surface area contributed by atoms with E-state index in [1.165, 1.54) is 0 Å². The van der Waals surface area contributed by atoms with E-state index in [2.05, 4.69) is 0 Å². The van der Waals surface area contributed by atoms with Gasteiger partial charge in [0.05, 0.1) is 12.1 Å². The first-order chi connectivity index (χ1) is 7.15. The Morgan fingerprint density at radius 2 is 2.47 bits per heavy atom. The van der Waals surface area contributed by atoms with E-state index in [9.17, 15) is 9.90 Å². The van der Waals surface area contributed by atoms with Crippen LogP contribution in [0.1, 0.15) is 19.3 Å². The highest BCUT2D eigenvalue weighted by Crippen LogP contribution is 2.11. The standard InChI is InChI=1S/C10H20N2O2S/c1-15-6-4-9(11)10(14)12-5-2-3-8(13)7-12/h8-9,13H,2-7,11H2,1H3/t8-,9-/m0/s1. The third-order valence-corrected chi connectivity index (χ3v) is 3.30. The molecular formula is C10H20N2O2S. The van der Waals surface area contributed by atoms with Gasteiger partial charge in [-0.05, 0) is 31.3 Å². The summed E-state index contributed by atoms with van der Waals surface area (Å²) in [6.45, 7) is 1.19. The lowest BCUT2D eigenvalue weighted by Crippen LogP contribution is -2.49. The third-order valence-electron chi connectivity index (χ3n) is 2.66. The number of hydrogen-bond donors (Lipinski definition) is 2. The molecule has 1 amide bonds. The van der Waals surface area contributed by atoms with Gasteiger partial charge in [-0.2, -0.15) is 11.8 Å². The Balaban J connectivity index is 2.37. The molecule has 0 saturated carbocycles. The molecule has 15 heavy (non-hydrogen) atoms. The van der Waals surface area contributed by atoms with Crippen molar-refractivity contribution in [3.8, 4) is 0 Å². The molecule has 2 atom stereocenters. The molecule has 0 spiro atoms. The van der Waals surface area contributed by atoms with E-state index in [-0.39, 0.29) is 12.0 Å². The average molecular weight is 232 g/mol. The number of carbonyl (C=O) groups excluding carboxylic acids is 1. The lowest BCUT2D eigenvalue weighted by Gasteiger charge is -2.31. The Bertz CT molecular complexity index is 214. The predicted molar refractivity (Wildman–Crippen MR) is 62.8 cm³/mol. The maximum atomic E-state index is 11.8. The third kappa shape index (κ3) is 4.01. The second-order valence-electron chi connectivity index (χ2n) is 3.97. The van der Waals surface area contributed by atoms with Crippen molar-refractivity contribution in [2.45, 2.75) is 31.4 Å². The molecule has 1 fully saturated rings. The number of thioether (sulfide) groups is 1. The topological polar surface area (TPSA) is 66.6 Å². The number of nitrogens with zero attached hydrogens (tertiary/aromatic N) is 1. The second-order valence-corrected chi connectivity index (χ2v) is 4.95. The maximum Gasteiger partial charge on any atom is 0.239 e. The number of β-amino-alcohol motifs (C(OH)–C–C–N with tert-alkyl or cyclic N) is 1. The summed E-state index contributed by atoms with van der Waals surface area (Å²) in [7, 11) is 0. The summed E-state index contributed by atoms with van der Waals surface area (Å²) in [5.41, 5.74) is 5.79.